The van der Waals surface area contributed by atoms with Crippen LogP contribution in [0.25, 0.3) is 0 Å². The summed E-state index contributed by atoms with van der Waals surface area (Å²) in [7, 11) is 2.02. The summed E-state index contributed by atoms with van der Waals surface area (Å²) in [5.74, 6) is 2.30. The molecule has 0 radical (unpaired) electrons. The van der Waals surface area contributed by atoms with E-state index in [0.29, 0.717) is 11.8 Å². The number of imidazole rings is 1. The highest BCUT2D eigenvalue weighted by atomic mass is 16.3. The van der Waals surface area contributed by atoms with Crippen LogP contribution in [0.4, 0.5) is 0 Å². The Morgan fingerprint density at radius 1 is 1.07 bits per heavy atom. The van der Waals surface area contributed by atoms with Crippen LogP contribution in [-0.4, -0.2) is 42.7 Å². The number of hydrogen-bond acceptors (Lipinski definition) is 4. The zero-order chi connectivity index (χ0) is 19.9. The lowest BCUT2D eigenvalue weighted by Crippen LogP contribution is -2.63. The molecular weight excluding hydrogens is 352 g/mol. The Labute approximate surface area is 168 Å². The van der Waals surface area contributed by atoms with E-state index in [1.807, 2.05) is 19.4 Å². The molecule has 1 unspecified atom stereocenters. The summed E-state index contributed by atoms with van der Waals surface area (Å²) in [6.45, 7) is 4.55. The van der Waals surface area contributed by atoms with E-state index in [1.54, 1.807) is 0 Å². The first-order valence-electron chi connectivity index (χ1n) is 11.3. The molecule has 4 fully saturated rings. The van der Waals surface area contributed by atoms with Crippen LogP contribution >= 0.6 is 0 Å². The molecule has 3 N–H and O–H groups in total. The molecule has 5 nitrogen and oxygen atoms in total. The van der Waals surface area contributed by atoms with Gasteiger partial charge in [0.25, 0.3) is 0 Å². The van der Waals surface area contributed by atoms with Crippen molar-refractivity contribution in [2.24, 2.45) is 35.6 Å². The number of hydrogen-bond donors (Lipinski definition) is 3. The molecule has 0 spiro atoms. The number of nitrogens with zero attached hydrogens (tertiary/aromatic N) is 2. The number of aromatic nitrogens is 2. The lowest BCUT2D eigenvalue weighted by Gasteiger charge is -2.64. The number of aryl methyl sites for hydroxylation is 1. The van der Waals surface area contributed by atoms with Gasteiger partial charge in [0.2, 0.25) is 0 Å². The van der Waals surface area contributed by atoms with E-state index in [0.717, 1.165) is 57.2 Å². The summed E-state index contributed by atoms with van der Waals surface area (Å²) >= 11 is 0. The summed E-state index contributed by atoms with van der Waals surface area (Å²) in [6.07, 6.45) is 10.4. The number of aliphatic hydroxyl groups excluding tert-OH is 2. The summed E-state index contributed by atoms with van der Waals surface area (Å²) in [4.78, 5) is 4.57. The fraction of sp³-hybridized carbons (Fsp3) is 0.870. The average molecular weight is 389 g/mol. The highest BCUT2D eigenvalue weighted by Gasteiger charge is 2.67. The third-order valence-corrected chi connectivity index (χ3v) is 10.0. The average Bonchev–Trinajstić information content (AvgIpc) is 3.18. The van der Waals surface area contributed by atoms with Gasteiger partial charge in [-0.25, -0.2) is 4.98 Å². The zero-order valence-electron chi connectivity index (χ0n) is 17.5. The van der Waals surface area contributed by atoms with Crippen molar-refractivity contribution in [3.63, 3.8) is 0 Å². The highest BCUT2D eigenvalue weighted by molar-refractivity contribution is 5.19. The van der Waals surface area contributed by atoms with Crippen LogP contribution in [0.2, 0.25) is 0 Å². The van der Waals surface area contributed by atoms with Gasteiger partial charge in [-0.05, 0) is 74.5 Å². The number of fused-ring (bicyclic) bond motifs is 5. The Hall–Kier alpha value is -0.910. The first-order chi connectivity index (χ1) is 13.2. The Balaban J connectivity index is 1.50. The second-order valence-corrected chi connectivity index (χ2v) is 10.9. The molecule has 5 rings (SSSR count). The van der Waals surface area contributed by atoms with Crippen molar-refractivity contribution in [1.29, 1.82) is 0 Å². The van der Waals surface area contributed by atoms with Crippen LogP contribution in [0.3, 0.4) is 0 Å². The molecule has 1 aromatic heterocycles. The van der Waals surface area contributed by atoms with Gasteiger partial charge in [0.1, 0.15) is 5.82 Å². The molecule has 0 amide bonds. The smallest absolute Gasteiger partial charge is 0.114 e. The lowest BCUT2D eigenvalue weighted by molar-refractivity contribution is -0.218. The minimum Gasteiger partial charge on any atom is -0.392 e. The first-order valence-corrected chi connectivity index (χ1v) is 11.3. The van der Waals surface area contributed by atoms with Crippen LogP contribution in [0.15, 0.2) is 12.4 Å². The molecule has 4 saturated carbocycles. The molecule has 0 aromatic carbocycles. The second kappa shape index (κ2) is 6.05. The predicted octanol–water partition coefficient (Wildman–Crippen LogP) is 2.99. The van der Waals surface area contributed by atoms with Crippen LogP contribution in [0.1, 0.15) is 77.0 Å². The zero-order valence-corrected chi connectivity index (χ0v) is 17.5. The Morgan fingerprint density at radius 3 is 2.57 bits per heavy atom. The van der Waals surface area contributed by atoms with Crippen molar-refractivity contribution in [3.05, 3.63) is 18.2 Å². The quantitative estimate of drug-likeness (QED) is 0.691. The van der Waals surface area contributed by atoms with Crippen molar-refractivity contribution in [2.75, 3.05) is 0 Å². The van der Waals surface area contributed by atoms with E-state index in [-0.39, 0.29) is 34.9 Å². The minimum atomic E-state index is -0.738. The van der Waals surface area contributed by atoms with Gasteiger partial charge in [-0.2, -0.15) is 0 Å². The molecular formula is C23H36N2O3. The molecule has 1 aromatic rings. The van der Waals surface area contributed by atoms with Gasteiger partial charge in [0.05, 0.1) is 17.8 Å². The van der Waals surface area contributed by atoms with Crippen molar-refractivity contribution in [1.82, 2.24) is 9.55 Å². The third kappa shape index (κ3) is 2.27. The van der Waals surface area contributed by atoms with Gasteiger partial charge in [-0.15, -0.1) is 0 Å². The molecule has 9 atom stereocenters. The predicted molar refractivity (Wildman–Crippen MR) is 107 cm³/mol. The standard InChI is InChI=1S/C23H36N2O3/c1-21-13-15(20-24-10-11-25(20)3)18(26)12-14(21)4-5-17-16(21)6-8-22(2)19(27)7-9-23(17,22)28/h10-11,14-19,26-28H,4-9,12-13H2,1-3H3/t14-,15?,16+,17-,18-,19+,21+,22-,23+/m1/s1. The maximum Gasteiger partial charge on any atom is 0.114 e. The van der Waals surface area contributed by atoms with Crippen molar-refractivity contribution in [2.45, 2.75) is 88.9 Å². The van der Waals surface area contributed by atoms with E-state index in [2.05, 4.69) is 23.4 Å². The summed E-state index contributed by atoms with van der Waals surface area (Å²) in [6, 6.07) is 0. The van der Waals surface area contributed by atoms with Gasteiger partial charge in [0.15, 0.2) is 0 Å². The topological polar surface area (TPSA) is 78.5 Å². The fourth-order valence-electron chi connectivity index (χ4n) is 8.24. The van der Waals surface area contributed by atoms with E-state index in [9.17, 15) is 15.3 Å². The van der Waals surface area contributed by atoms with Gasteiger partial charge in [-0.1, -0.05) is 13.8 Å². The highest BCUT2D eigenvalue weighted by Crippen LogP contribution is 2.68. The van der Waals surface area contributed by atoms with Crippen LogP contribution < -0.4 is 0 Å². The van der Waals surface area contributed by atoms with E-state index < -0.39 is 5.60 Å². The lowest BCUT2D eigenvalue weighted by atomic mass is 9.43. The third-order valence-electron chi connectivity index (χ3n) is 10.0. The normalized spacial score (nSPS) is 53.4. The number of rotatable bonds is 1. The molecule has 4 aliphatic rings. The van der Waals surface area contributed by atoms with E-state index in [4.69, 9.17) is 0 Å². The largest absolute Gasteiger partial charge is 0.392 e. The molecule has 0 bridgehead atoms. The van der Waals surface area contributed by atoms with Gasteiger partial charge in [-0.3, -0.25) is 0 Å². The van der Waals surface area contributed by atoms with Crippen molar-refractivity contribution in [3.8, 4) is 0 Å². The van der Waals surface area contributed by atoms with Crippen LogP contribution in [-0.2, 0) is 7.05 Å². The molecule has 28 heavy (non-hydrogen) atoms. The molecule has 4 aliphatic carbocycles. The first kappa shape index (κ1) is 19.1. The molecule has 156 valence electrons. The van der Waals surface area contributed by atoms with Gasteiger partial charge in [0, 0.05) is 30.8 Å². The second-order valence-electron chi connectivity index (χ2n) is 10.9. The van der Waals surface area contributed by atoms with E-state index >= 15 is 0 Å². The summed E-state index contributed by atoms with van der Waals surface area (Å²) in [5, 5.41) is 33.5. The Morgan fingerprint density at radius 2 is 1.86 bits per heavy atom. The van der Waals surface area contributed by atoms with Crippen molar-refractivity contribution >= 4 is 0 Å². The molecule has 5 heteroatoms. The maximum atomic E-state index is 11.9. The van der Waals surface area contributed by atoms with Crippen LogP contribution in [0.5, 0.6) is 0 Å². The van der Waals surface area contributed by atoms with Crippen LogP contribution in [0, 0.1) is 28.6 Å². The van der Waals surface area contributed by atoms with Gasteiger partial charge >= 0.3 is 0 Å². The minimum absolute atomic E-state index is 0.0668. The monoisotopic (exact) mass is 388 g/mol. The maximum absolute atomic E-state index is 11.9. The fourth-order valence-corrected chi connectivity index (χ4v) is 8.24. The SMILES string of the molecule is Cn1ccnc1C1C[C@@]2(C)[C@H](CC[C@@H]3[C@@H]2CC[C@]2(C)[C@@H](O)CC[C@]32O)C[C@H]1O. The number of aliphatic hydroxyl groups is 3. The summed E-state index contributed by atoms with van der Waals surface area (Å²) < 4.78 is 2.05. The Kier molecular flexibility index (Phi) is 4.12. The molecule has 1 heterocycles. The summed E-state index contributed by atoms with van der Waals surface area (Å²) in [5.41, 5.74) is -0.980. The van der Waals surface area contributed by atoms with Crippen molar-refractivity contribution < 1.29 is 15.3 Å². The molecule has 0 aliphatic heterocycles. The Bertz CT molecular complexity index is 765. The molecule has 0 saturated heterocycles. The van der Waals surface area contributed by atoms with Gasteiger partial charge < -0.3 is 19.9 Å². The van der Waals surface area contributed by atoms with E-state index in [1.165, 1.54) is 0 Å².